The highest BCUT2D eigenvalue weighted by Gasteiger charge is 2.20. The molecule has 2 atom stereocenters. The van der Waals surface area contributed by atoms with Crippen molar-refractivity contribution in [3.05, 3.63) is 24.3 Å². The summed E-state index contributed by atoms with van der Waals surface area (Å²) in [7, 11) is 0. The van der Waals surface area contributed by atoms with Crippen molar-refractivity contribution >= 4 is 0 Å². The van der Waals surface area contributed by atoms with Gasteiger partial charge in [0.25, 0.3) is 0 Å². The Balaban J connectivity index is 4.80. The molecular formula is C34H66. The van der Waals surface area contributed by atoms with E-state index in [0.717, 1.165) is 11.8 Å². The maximum Gasteiger partial charge on any atom is -0.0348 e. The van der Waals surface area contributed by atoms with Crippen LogP contribution in [0.2, 0.25) is 0 Å². The van der Waals surface area contributed by atoms with Crippen LogP contribution in [0.3, 0.4) is 0 Å². The molecule has 0 aromatic rings. The molecule has 0 spiro atoms. The highest BCUT2D eigenvalue weighted by molar-refractivity contribution is 4.86. The second-order valence-corrected chi connectivity index (χ2v) is 11.0. The molecule has 0 heterocycles. The van der Waals surface area contributed by atoms with Crippen molar-refractivity contribution in [2.75, 3.05) is 0 Å². The Morgan fingerprint density at radius 1 is 0.324 bits per heavy atom. The summed E-state index contributed by atoms with van der Waals surface area (Å²) < 4.78 is 0. The third-order valence-electron chi connectivity index (χ3n) is 7.71. The molecule has 2 unspecified atom stereocenters. The van der Waals surface area contributed by atoms with E-state index in [0.29, 0.717) is 0 Å². The summed E-state index contributed by atoms with van der Waals surface area (Å²) >= 11 is 0. The predicted octanol–water partition coefficient (Wildman–Crippen LogP) is 12.8. The summed E-state index contributed by atoms with van der Waals surface area (Å²) in [5.41, 5.74) is 0. The number of unbranched alkanes of at least 4 members (excludes halogenated alkanes) is 14. The van der Waals surface area contributed by atoms with Crippen molar-refractivity contribution in [3.63, 3.8) is 0 Å². The molecule has 0 saturated carbocycles. The van der Waals surface area contributed by atoms with Crippen LogP contribution in [-0.4, -0.2) is 0 Å². The van der Waals surface area contributed by atoms with Crippen molar-refractivity contribution in [3.8, 4) is 0 Å². The lowest BCUT2D eigenvalue weighted by Crippen LogP contribution is -2.15. The van der Waals surface area contributed by atoms with Crippen LogP contribution in [0, 0.1) is 11.8 Å². The van der Waals surface area contributed by atoms with E-state index in [1.165, 1.54) is 154 Å². The van der Waals surface area contributed by atoms with Gasteiger partial charge in [0.1, 0.15) is 0 Å². The Bertz CT molecular complexity index is 378. The average Bonchev–Trinajstić information content (AvgIpc) is 2.85. The molecule has 0 heteroatoms. The molecule has 0 rings (SSSR count). The second kappa shape index (κ2) is 28.7. The fraction of sp³-hybridized carbons (Fsp3) is 0.882. The topological polar surface area (TPSA) is 0 Å². The van der Waals surface area contributed by atoms with Gasteiger partial charge in [-0.2, -0.15) is 0 Å². The van der Waals surface area contributed by atoms with E-state index < -0.39 is 0 Å². The lowest BCUT2D eigenvalue weighted by molar-refractivity contribution is 0.251. The van der Waals surface area contributed by atoms with E-state index in [2.05, 4.69) is 52.0 Å². The molecule has 0 saturated heterocycles. The molecule has 202 valence electrons. The normalized spacial score (nSPS) is 13.9. The van der Waals surface area contributed by atoms with Gasteiger partial charge in [-0.3, -0.25) is 0 Å². The molecule has 0 fully saturated rings. The molecule has 0 aromatic carbocycles. The van der Waals surface area contributed by atoms with Gasteiger partial charge in [0, 0.05) is 0 Å². The van der Waals surface area contributed by atoms with Gasteiger partial charge < -0.3 is 0 Å². The first kappa shape index (κ1) is 33.5. The molecule has 34 heavy (non-hydrogen) atoms. The zero-order valence-corrected chi connectivity index (χ0v) is 24.4. The van der Waals surface area contributed by atoms with Crippen LogP contribution in [0.25, 0.3) is 0 Å². The van der Waals surface area contributed by atoms with E-state index in [1.807, 2.05) is 0 Å². The van der Waals surface area contributed by atoms with Crippen LogP contribution in [0.4, 0.5) is 0 Å². The molecule has 0 radical (unpaired) electrons. The van der Waals surface area contributed by atoms with Gasteiger partial charge in [0.2, 0.25) is 0 Å². The fourth-order valence-corrected chi connectivity index (χ4v) is 5.37. The minimum absolute atomic E-state index is 0.946. The van der Waals surface area contributed by atoms with Crippen molar-refractivity contribution in [1.29, 1.82) is 0 Å². The summed E-state index contributed by atoms with van der Waals surface area (Å²) in [6.07, 6.45) is 43.5. The predicted molar refractivity (Wildman–Crippen MR) is 159 cm³/mol. The molecule has 0 aliphatic heterocycles. The largest absolute Gasteiger partial charge is 0.0885 e. The van der Waals surface area contributed by atoms with Gasteiger partial charge in [0.15, 0.2) is 0 Å². The Morgan fingerprint density at radius 3 is 1.03 bits per heavy atom. The summed E-state index contributed by atoms with van der Waals surface area (Å²) in [5, 5.41) is 0. The monoisotopic (exact) mass is 475 g/mol. The summed E-state index contributed by atoms with van der Waals surface area (Å²) in [6.45, 7) is 9.27. The Labute approximate surface area is 217 Å². The Kier molecular flexibility index (Phi) is 28.3. The maximum atomic E-state index is 2.52. The minimum atomic E-state index is 0.946. The molecule has 0 bridgehead atoms. The molecule has 0 N–H and O–H groups in total. The van der Waals surface area contributed by atoms with Crippen LogP contribution in [0.15, 0.2) is 24.3 Å². The summed E-state index contributed by atoms with van der Waals surface area (Å²) in [4.78, 5) is 0. The highest BCUT2D eigenvalue weighted by Crippen LogP contribution is 2.32. The van der Waals surface area contributed by atoms with Crippen molar-refractivity contribution in [2.24, 2.45) is 11.8 Å². The van der Waals surface area contributed by atoms with E-state index in [4.69, 9.17) is 0 Å². The maximum absolute atomic E-state index is 2.52. The first-order chi connectivity index (χ1) is 16.8. The highest BCUT2D eigenvalue weighted by atomic mass is 14.3. The first-order valence-corrected chi connectivity index (χ1v) is 16.1. The van der Waals surface area contributed by atoms with Crippen LogP contribution < -0.4 is 0 Å². The molecule has 0 aliphatic carbocycles. The lowest BCUT2D eigenvalue weighted by atomic mass is 9.78. The van der Waals surface area contributed by atoms with Gasteiger partial charge in [-0.1, -0.05) is 155 Å². The first-order valence-electron chi connectivity index (χ1n) is 16.1. The van der Waals surface area contributed by atoms with Gasteiger partial charge in [-0.25, -0.2) is 0 Å². The lowest BCUT2D eigenvalue weighted by Gasteiger charge is -2.27. The number of hydrogen-bond acceptors (Lipinski definition) is 0. The van der Waals surface area contributed by atoms with E-state index in [9.17, 15) is 0 Å². The minimum Gasteiger partial charge on any atom is -0.0885 e. The van der Waals surface area contributed by atoms with Crippen molar-refractivity contribution in [1.82, 2.24) is 0 Å². The van der Waals surface area contributed by atoms with Crippen molar-refractivity contribution < 1.29 is 0 Å². The van der Waals surface area contributed by atoms with Gasteiger partial charge in [-0.05, 0) is 63.2 Å². The number of rotatable bonds is 27. The van der Waals surface area contributed by atoms with E-state index in [1.54, 1.807) is 0 Å². The number of hydrogen-bond donors (Lipinski definition) is 0. The molecule has 0 aliphatic rings. The summed E-state index contributed by atoms with van der Waals surface area (Å²) in [6, 6.07) is 0. The van der Waals surface area contributed by atoms with Crippen LogP contribution in [0.1, 0.15) is 182 Å². The van der Waals surface area contributed by atoms with E-state index >= 15 is 0 Å². The third kappa shape index (κ3) is 23.2. The standard InChI is InChI=1S/C34H66/c1-5-9-13-17-19-23-27-31-33(29-25-21-15-11-7-3)34(30-26-22-16-12-8-4)32-28-24-20-18-14-10-6-2/h19-20,23-24,33-34H,5-18,21-22,25-32H2,1-4H3/b23-19+,24-20+. The Morgan fingerprint density at radius 2 is 0.647 bits per heavy atom. The van der Waals surface area contributed by atoms with Gasteiger partial charge in [0.05, 0.1) is 0 Å². The number of allylic oxidation sites excluding steroid dienone is 4. The third-order valence-corrected chi connectivity index (χ3v) is 7.71. The van der Waals surface area contributed by atoms with Gasteiger partial charge in [-0.15, -0.1) is 0 Å². The quantitative estimate of drug-likeness (QED) is 0.0819. The summed E-state index contributed by atoms with van der Waals surface area (Å²) in [5.74, 6) is 1.89. The smallest absolute Gasteiger partial charge is 0.0348 e. The zero-order valence-electron chi connectivity index (χ0n) is 24.4. The second-order valence-electron chi connectivity index (χ2n) is 11.0. The zero-order chi connectivity index (χ0) is 25.0. The Hall–Kier alpha value is -0.520. The average molecular weight is 475 g/mol. The molecule has 0 nitrogen and oxygen atoms in total. The van der Waals surface area contributed by atoms with E-state index in [-0.39, 0.29) is 0 Å². The SMILES string of the molecule is CCCCC/C=C/CCC(CCCCCCC)C(CC/C=C/CCCCC)CCCCCCC. The molecule has 0 amide bonds. The molecular weight excluding hydrogens is 408 g/mol. The van der Waals surface area contributed by atoms with Gasteiger partial charge >= 0.3 is 0 Å². The van der Waals surface area contributed by atoms with Crippen LogP contribution in [0.5, 0.6) is 0 Å². The van der Waals surface area contributed by atoms with Crippen LogP contribution in [-0.2, 0) is 0 Å². The van der Waals surface area contributed by atoms with Crippen LogP contribution >= 0.6 is 0 Å². The molecule has 0 aromatic heterocycles. The fourth-order valence-electron chi connectivity index (χ4n) is 5.37. The van der Waals surface area contributed by atoms with Crippen molar-refractivity contribution in [2.45, 2.75) is 182 Å².